The fourth-order valence-electron chi connectivity index (χ4n) is 1.34. The van der Waals surface area contributed by atoms with Gasteiger partial charge in [0.2, 0.25) is 0 Å². The van der Waals surface area contributed by atoms with Crippen molar-refractivity contribution in [2.45, 2.75) is 13.8 Å². The molecule has 0 bridgehead atoms. The lowest BCUT2D eigenvalue weighted by molar-refractivity contribution is 0.314. The molecule has 0 fully saturated rings. The largest absolute Gasteiger partial charge is 0.453 e. The molecule has 0 heterocycles. The van der Waals surface area contributed by atoms with E-state index in [1.165, 1.54) is 23.2 Å². The monoisotopic (exact) mass is 189 g/mol. The lowest BCUT2D eigenvalue weighted by Gasteiger charge is -2.03. The second-order valence-electron chi connectivity index (χ2n) is 3.10. The Kier molecular flexibility index (Phi) is 3.92. The van der Waals surface area contributed by atoms with E-state index in [-0.39, 0.29) is 6.61 Å². The smallest absolute Gasteiger partial charge is 0.417 e. The molecule has 14 heavy (non-hydrogen) atoms. The zero-order chi connectivity index (χ0) is 10.4. The molecule has 73 valence electrons. The maximum atomic E-state index is 9.77. The van der Waals surface area contributed by atoms with Crippen molar-refractivity contribution in [3.63, 3.8) is 0 Å². The first-order valence-corrected chi connectivity index (χ1v) is 4.47. The highest BCUT2D eigenvalue weighted by Crippen LogP contribution is 2.14. The molecule has 1 radical (unpaired) electrons. The third kappa shape index (κ3) is 2.73. The van der Waals surface area contributed by atoms with Gasteiger partial charge in [0.1, 0.15) is 6.61 Å². The van der Waals surface area contributed by atoms with Crippen LogP contribution in [0.1, 0.15) is 16.7 Å². The summed E-state index contributed by atoms with van der Waals surface area (Å²) >= 11 is 0. The van der Waals surface area contributed by atoms with Crippen LogP contribution in [-0.4, -0.2) is 13.1 Å². The molecular formula is C12H13O2. The highest BCUT2D eigenvalue weighted by Gasteiger charge is 1.96. The van der Waals surface area contributed by atoms with Gasteiger partial charge in [-0.2, -0.15) is 0 Å². The topological polar surface area (TPSA) is 26.3 Å². The van der Waals surface area contributed by atoms with Crippen LogP contribution in [0, 0.1) is 13.8 Å². The number of hydrogen-bond donors (Lipinski definition) is 0. The van der Waals surface area contributed by atoms with E-state index in [2.05, 4.69) is 30.7 Å². The van der Waals surface area contributed by atoms with E-state index >= 15 is 0 Å². The van der Waals surface area contributed by atoms with Crippen LogP contribution in [0.5, 0.6) is 0 Å². The average Bonchev–Trinajstić information content (AvgIpc) is 2.16. The summed E-state index contributed by atoms with van der Waals surface area (Å²) in [5, 5.41) is 0. The van der Waals surface area contributed by atoms with Crippen molar-refractivity contribution < 1.29 is 9.53 Å². The Bertz CT molecular complexity index is 320. The van der Waals surface area contributed by atoms with E-state index < -0.39 is 0 Å². The number of rotatable bonds is 4. The Morgan fingerprint density at radius 3 is 2.57 bits per heavy atom. The zero-order valence-corrected chi connectivity index (χ0v) is 8.41. The highest BCUT2D eigenvalue weighted by atomic mass is 16.5. The van der Waals surface area contributed by atoms with Gasteiger partial charge in [0.05, 0.1) is 0 Å². The molecule has 0 aliphatic heterocycles. The van der Waals surface area contributed by atoms with E-state index in [0.29, 0.717) is 0 Å². The minimum absolute atomic E-state index is 0.275. The van der Waals surface area contributed by atoms with E-state index in [1.54, 1.807) is 6.08 Å². The van der Waals surface area contributed by atoms with Gasteiger partial charge >= 0.3 is 6.47 Å². The van der Waals surface area contributed by atoms with Crippen molar-refractivity contribution in [2.24, 2.45) is 0 Å². The van der Waals surface area contributed by atoms with Gasteiger partial charge < -0.3 is 4.74 Å². The van der Waals surface area contributed by atoms with E-state index in [9.17, 15) is 4.79 Å². The second kappa shape index (κ2) is 5.22. The van der Waals surface area contributed by atoms with Gasteiger partial charge in [-0.25, -0.2) is 4.79 Å². The van der Waals surface area contributed by atoms with Crippen molar-refractivity contribution in [3.8, 4) is 0 Å². The van der Waals surface area contributed by atoms with Crippen molar-refractivity contribution in [3.05, 3.63) is 41.0 Å². The summed E-state index contributed by atoms with van der Waals surface area (Å²) in [6.45, 7) is 5.77. The van der Waals surface area contributed by atoms with E-state index in [0.717, 1.165) is 0 Å². The molecule has 0 saturated carbocycles. The minimum Gasteiger partial charge on any atom is -0.453 e. The van der Waals surface area contributed by atoms with Crippen LogP contribution in [0.2, 0.25) is 0 Å². The SMILES string of the molecule is Cc1cccc(C)c1/C=C/CO[C]=O. The summed E-state index contributed by atoms with van der Waals surface area (Å²) in [7, 11) is 0. The van der Waals surface area contributed by atoms with Gasteiger partial charge in [-0.3, -0.25) is 0 Å². The maximum Gasteiger partial charge on any atom is 0.417 e. The van der Waals surface area contributed by atoms with Crippen molar-refractivity contribution in [2.75, 3.05) is 6.61 Å². The Labute approximate surface area is 84.2 Å². The summed E-state index contributed by atoms with van der Waals surface area (Å²) in [5.74, 6) is 0. The number of carbonyl (C=O) groups excluding carboxylic acids is 1. The molecule has 2 nitrogen and oxygen atoms in total. The summed E-state index contributed by atoms with van der Waals surface area (Å²) < 4.78 is 4.44. The first kappa shape index (κ1) is 10.5. The molecule has 1 aromatic carbocycles. The normalized spacial score (nSPS) is 10.4. The van der Waals surface area contributed by atoms with Crippen molar-refractivity contribution >= 4 is 12.5 Å². The second-order valence-corrected chi connectivity index (χ2v) is 3.10. The molecule has 0 atom stereocenters. The number of ether oxygens (including phenoxy) is 1. The number of aryl methyl sites for hydroxylation is 2. The van der Waals surface area contributed by atoms with Crippen LogP contribution in [0.3, 0.4) is 0 Å². The minimum atomic E-state index is 0.275. The standard InChI is InChI=1S/C12H13O2/c1-10-5-3-6-11(2)12(10)7-4-8-14-9-13/h3-7H,8H2,1-2H3/b7-4+. The molecule has 0 aliphatic carbocycles. The lowest BCUT2D eigenvalue weighted by atomic mass is 10.0. The molecule has 0 unspecified atom stereocenters. The fourth-order valence-corrected chi connectivity index (χ4v) is 1.34. The molecule has 0 aliphatic rings. The summed E-state index contributed by atoms with van der Waals surface area (Å²) in [5.41, 5.74) is 3.62. The van der Waals surface area contributed by atoms with Crippen LogP contribution in [-0.2, 0) is 9.53 Å². The van der Waals surface area contributed by atoms with Crippen LogP contribution in [0.15, 0.2) is 24.3 Å². The first-order valence-electron chi connectivity index (χ1n) is 4.47. The van der Waals surface area contributed by atoms with Crippen LogP contribution < -0.4 is 0 Å². The zero-order valence-electron chi connectivity index (χ0n) is 8.41. The number of benzene rings is 1. The van der Waals surface area contributed by atoms with E-state index in [1.807, 2.05) is 12.1 Å². The maximum absolute atomic E-state index is 9.77. The van der Waals surface area contributed by atoms with Gasteiger partial charge in [0, 0.05) is 0 Å². The summed E-state index contributed by atoms with van der Waals surface area (Å²) in [4.78, 5) is 9.77. The molecule has 1 rings (SSSR count). The molecule has 0 N–H and O–H groups in total. The Morgan fingerprint density at radius 2 is 2.00 bits per heavy atom. The van der Waals surface area contributed by atoms with Crippen LogP contribution >= 0.6 is 0 Å². The average molecular weight is 189 g/mol. The molecular weight excluding hydrogens is 176 g/mol. The third-order valence-corrected chi connectivity index (χ3v) is 2.07. The highest BCUT2D eigenvalue weighted by molar-refractivity contribution is 5.57. The van der Waals surface area contributed by atoms with Gasteiger partial charge in [0.25, 0.3) is 0 Å². The van der Waals surface area contributed by atoms with Crippen molar-refractivity contribution in [1.29, 1.82) is 0 Å². The molecule has 0 saturated heterocycles. The van der Waals surface area contributed by atoms with Gasteiger partial charge in [-0.1, -0.05) is 24.3 Å². The predicted molar refractivity (Wildman–Crippen MR) is 56.6 cm³/mol. The van der Waals surface area contributed by atoms with Gasteiger partial charge in [-0.05, 0) is 36.6 Å². The van der Waals surface area contributed by atoms with Crippen LogP contribution in [0.4, 0.5) is 0 Å². The lowest BCUT2D eigenvalue weighted by Crippen LogP contribution is -1.88. The third-order valence-electron chi connectivity index (χ3n) is 2.07. The van der Waals surface area contributed by atoms with Crippen molar-refractivity contribution in [1.82, 2.24) is 0 Å². The van der Waals surface area contributed by atoms with Gasteiger partial charge in [-0.15, -0.1) is 0 Å². The van der Waals surface area contributed by atoms with Crippen LogP contribution in [0.25, 0.3) is 6.08 Å². The first-order chi connectivity index (χ1) is 6.75. The fraction of sp³-hybridized carbons (Fsp3) is 0.250. The molecule has 0 amide bonds. The Balaban J connectivity index is 2.75. The summed E-state index contributed by atoms with van der Waals surface area (Å²) in [6, 6.07) is 6.14. The molecule has 2 heteroatoms. The number of hydrogen-bond acceptors (Lipinski definition) is 2. The van der Waals surface area contributed by atoms with Gasteiger partial charge in [0.15, 0.2) is 0 Å². The molecule has 0 spiro atoms. The Hall–Kier alpha value is -1.57. The molecule has 0 aromatic heterocycles. The quantitative estimate of drug-likeness (QED) is 0.680. The predicted octanol–water partition coefficient (Wildman–Crippen LogP) is 2.40. The molecule has 1 aromatic rings. The summed E-state index contributed by atoms with van der Waals surface area (Å²) in [6.07, 6.45) is 3.77. The van der Waals surface area contributed by atoms with E-state index in [4.69, 9.17) is 0 Å². The Morgan fingerprint density at radius 1 is 1.36 bits per heavy atom.